The molecule has 0 spiro atoms. The van der Waals surface area contributed by atoms with Gasteiger partial charge in [-0.15, -0.1) is 4.91 Å². The van der Waals surface area contributed by atoms with Crippen LogP contribution in [0.15, 0.2) is 41.7 Å². The summed E-state index contributed by atoms with van der Waals surface area (Å²) in [7, 11) is 0. The Bertz CT molecular complexity index is 636. The molecule has 1 heterocycles. The van der Waals surface area contributed by atoms with E-state index in [1.807, 2.05) is 0 Å². The van der Waals surface area contributed by atoms with E-state index in [-0.39, 0.29) is 11.3 Å². The molecule has 0 unspecified atom stereocenters. The van der Waals surface area contributed by atoms with Gasteiger partial charge in [0.15, 0.2) is 0 Å². The van der Waals surface area contributed by atoms with Crippen LogP contribution in [0.2, 0.25) is 0 Å². The summed E-state index contributed by atoms with van der Waals surface area (Å²) in [5.41, 5.74) is 0.670. The average molecular weight is 242 g/mol. The molecule has 88 valence electrons. The maximum absolute atomic E-state index is 13.1. The van der Waals surface area contributed by atoms with E-state index in [0.29, 0.717) is 11.5 Å². The summed E-state index contributed by atoms with van der Waals surface area (Å²) < 4.78 is 13.1. The van der Waals surface area contributed by atoms with Crippen molar-refractivity contribution in [2.75, 3.05) is 5.32 Å². The Labute approximate surface area is 102 Å². The molecular formula is C12H7FN4O. The molecule has 0 fully saturated rings. The highest BCUT2D eigenvalue weighted by molar-refractivity contribution is 5.61. The van der Waals surface area contributed by atoms with Crippen LogP contribution in [0.5, 0.6) is 0 Å². The highest BCUT2D eigenvalue weighted by Crippen LogP contribution is 2.20. The van der Waals surface area contributed by atoms with Gasteiger partial charge in [-0.1, -0.05) is 0 Å². The van der Waals surface area contributed by atoms with E-state index < -0.39 is 5.82 Å². The van der Waals surface area contributed by atoms with Crippen molar-refractivity contribution in [1.29, 1.82) is 5.26 Å². The van der Waals surface area contributed by atoms with Crippen molar-refractivity contribution < 1.29 is 4.39 Å². The van der Waals surface area contributed by atoms with Crippen LogP contribution in [0.25, 0.3) is 0 Å². The molecule has 1 N–H and O–H groups in total. The van der Waals surface area contributed by atoms with E-state index in [1.54, 1.807) is 6.07 Å². The number of nitriles is 1. The van der Waals surface area contributed by atoms with Gasteiger partial charge in [0.1, 0.15) is 23.4 Å². The van der Waals surface area contributed by atoms with Gasteiger partial charge in [-0.3, -0.25) is 0 Å². The number of hydrogen-bond acceptors (Lipinski definition) is 5. The topological polar surface area (TPSA) is 78.1 Å². The first-order valence-corrected chi connectivity index (χ1v) is 4.99. The lowest BCUT2D eigenvalue weighted by atomic mass is 10.2. The lowest BCUT2D eigenvalue weighted by molar-refractivity contribution is 0.624. The molecule has 2 rings (SSSR count). The van der Waals surface area contributed by atoms with Crippen LogP contribution < -0.4 is 5.32 Å². The quantitative estimate of drug-likeness (QED) is 0.838. The van der Waals surface area contributed by atoms with Crippen LogP contribution in [0.1, 0.15) is 5.56 Å². The molecule has 6 heteroatoms. The minimum atomic E-state index is -0.584. The highest BCUT2D eigenvalue weighted by atomic mass is 19.1. The fraction of sp³-hybridized carbons (Fsp3) is 0. The Morgan fingerprint density at radius 1 is 1.33 bits per heavy atom. The minimum Gasteiger partial charge on any atom is -0.340 e. The third kappa shape index (κ3) is 2.47. The summed E-state index contributed by atoms with van der Waals surface area (Å²) in [6, 6.07) is 8.66. The predicted octanol–water partition coefficient (Wildman–Crippen LogP) is 3.23. The predicted molar refractivity (Wildman–Crippen MR) is 64.1 cm³/mol. The molecule has 0 atom stereocenters. The average Bonchev–Trinajstić information content (AvgIpc) is 2.41. The largest absolute Gasteiger partial charge is 0.340 e. The number of nitroso groups, excluding NO2 is 1. The highest BCUT2D eigenvalue weighted by Gasteiger charge is 2.04. The van der Waals surface area contributed by atoms with Crippen molar-refractivity contribution in [3.8, 4) is 6.07 Å². The molecule has 2 aromatic rings. The molecule has 18 heavy (non-hydrogen) atoms. The first-order chi connectivity index (χ1) is 8.72. The van der Waals surface area contributed by atoms with E-state index in [4.69, 9.17) is 5.26 Å². The summed E-state index contributed by atoms with van der Waals surface area (Å²) in [4.78, 5) is 14.3. The van der Waals surface area contributed by atoms with E-state index in [2.05, 4.69) is 15.5 Å². The van der Waals surface area contributed by atoms with Crippen LogP contribution in [0, 0.1) is 22.1 Å². The van der Waals surface area contributed by atoms with Crippen LogP contribution in [0.4, 0.5) is 21.6 Å². The van der Waals surface area contributed by atoms with Gasteiger partial charge in [-0.2, -0.15) is 5.26 Å². The standard InChI is InChI=1S/C12H7FN4O/c13-11-2-1-9(5-8(11)7-14)16-12-6-10(17-18)3-4-15-12/h1-6H,(H,15,16). The van der Waals surface area contributed by atoms with Crippen LogP contribution in [-0.4, -0.2) is 4.98 Å². The number of hydrogen-bond donors (Lipinski definition) is 1. The van der Waals surface area contributed by atoms with Crippen molar-refractivity contribution in [3.63, 3.8) is 0 Å². The molecule has 0 saturated heterocycles. The van der Waals surface area contributed by atoms with E-state index in [9.17, 15) is 9.30 Å². The number of benzene rings is 1. The number of halogens is 1. The number of nitrogens with one attached hydrogen (secondary N) is 1. The van der Waals surface area contributed by atoms with Crippen molar-refractivity contribution >= 4 is 17.2 Å². The fourth-order valence-corrected chi connectivity index (χ4v) is 1.38. The SMILES string of the molecule is N#Cc1cc(Nc2cc(N=O)ccn2)ccc1F. The molecule has 0 saturated carbocycles. The van der Waals surface area contributed by atoms with E-state index in [0.717, 1.165) is 0 Å². The number of rotatable bonds is 3. The first-order valence-electron chi connectivity index (χ1n) is 4.99. The lowest BCUT2D eigenvalue weighted by Crippen LogP contribution is -1.94. The molecule has 1 aromatic heterocycles. The van der Waals surface area contributed by atoms with Gasteiger partial charge in [0.25, 0.3) is 0 Å². The Hall–Kier alpha value is -2.81. The maximum Gasteiger partial charge on any atom is 0.141 e. The van der Waals surface area contributed by atoms with Gasteiger partial charge in [0.05, 0.1) is 5.56 Å². The van der Waals surface area contributed by atoms with Crippen LogP contribution in [-0.2, 0) is 0 Å². The van der Waals surface area contributed by atoms with E-state index in [1.165, 1.54) is 36.5 Å². The van der Waals surface area contributed by atoms with Gasteiger partial charge >= 0.3 is 0 Å². The van der Waals surface area contributed by atoms with Crippen molar-refractivity contribution in [2.24, 2.45) is 5.18 Å². The summed E-state index contributed by atoms with van der Waals surface area (Å²) in [6.45, 7) is 0. The van der Waals surface area contributed by atoms with Crippen molar-refractivity contribution in [1.82, 2.24) is 4.98 Å². The van der Waals surface area contributed by atoms with Crippen molar-refractivity contribution in [3.05, 3.63) is 52.8 Å². The second-order valence-corrected chi connectivity index (χ2v) is 3.42. The zero-order chi connectivity index (χ0) is 13.0. The van der Waals surface area contributed by atoms with Crippen molar-refractivity contribution in [2.45, 2.75) is 0 Å². The Kier molecular flexibility index (Phi) is 3.25. The third-order valence-corrected chi connectivity index (χ3v) is 2.21. The minimum absolute atomic E-state index is 0.0651. The second kappa shape index (κ2) is 5.01. The van der Waals surface area contributed by atoms with Gasteiger partial charge in [-0.25, -0.2) is 9.37 Å². The molecule has 0 bridgehead atoms. The molecular weight excluding hydrogens is 235 g/mol. The Balaban J connectivity index is 2.28. The maximum atomic E-state index is 13.1. The number of pyridine rings is 1. The molecule has 5 nitrogen and oxygen atoms in total. The molecule has 0 amide bonds. The summed E-state index contributed by atoms with van der Waals surface area (Å²) in [5.74, 6) is -0.193. The van der Waals surface area contributed by atoms with E-state index >= 15 is 0 Å². The summed E-state index contributed by atoms with van der Waals surface area (Å²) in [6.07, 6.45) is 1.42. The number of nitrogens with zero attached hydrogens (tertiary/aromatic N) is 3. The number of anilines is 2. The normalized spacial score (nSPS) is 9.56. The molecule has 1 aromatic carbocycles. The zero-order valence-electron chi connectivity index (χ0n) is 9.09. The Morgan fingerprint density at radius 2 is 2.17 bits per heavy atom. The summed E-state index contributed by atoms with van der Waals surface area (Å²) >= 11 is 0. The zero-order valence-corrected chi connectivity index (χ0v) is 9.09. The lowest BCUT2D eigenvalue weighted by Gasteiger charge is -2.05. The molecule has 0 radical (unpaired) electrons. The van der Waals surface area contributed by atoms with Crippen LogP contribution >= 0.6 is 0 Å². The number of aromatic nitrogens is 1. The van der Waals surface area contributed by atoms with Crippen LogP contribution in [0.3, 0.4) is 0 Å². The molecule has 0 aliphatic heterocycles. The smallest absolute Gasteiger partial charge is 0.141 e. The Morgan fingerprint density at radius 3 is 2.89 bits per heavy atom. The van der Waals surface area contributed by atoms with Gasteiger partial charge in [0.2, 0.25) is 0 Å². The molecule has 0 aliphatic carbocycles. The fourth-order valence-electron chi connectivity index (χ4n) is 1.38. The first kappa shape index (κ1) is 11.7. The summed E-state index contributed by atoms with van der Waals surface area (Å²) in [5, 5.41) is 14.3. The molecule has 0 aliphatic rings. The second-order valence-electron chi connectivity index (χ2n) is 3.42. The monoisotopic (exact) mass is 242 g/mol. The van der Waals surface area contributed by atoms with Gasteiger partial charge < -0.3 is 5.32 Å². The third-order valence-electron chi connectivity index (χ3n) is 2.21. The van der Waals surface area contributed by atoms with Gasteiger partial charge in [-0.05, 0) is 29.4 Å². The van der Waals surface area contributed by atoms with Gasteiger partial charge in [0, 0.05) is 18.0 Å².